The average Bonchev–Trinajstić information content (AvgIpc) is 2.96. The third-order valence-corrected chi connectivity index (χ3v) is 5.37. The lowest BCUT2D eigenvalue weighted by Crippen LogP contribution is -2.24. The SMILES string of the molecule is O=C(CSc1nc2cc(F)ccc2s1)NCc1ccc(O)c(O)c1. The van der Waals surface area contributed by atoms with Crippen molar-refractivity contribution in [3.8, 4) is 11.5 Å². The van der Waals surface area contributed by atoms with E-state index in [1.807, 2.05) is 0 Å². The molecule has 0 bridgehead atoms. The standard InChI is InChI=1S/C16H13FN2O3S2/c17-10-2-4-14-11(6-10)19-16(24-14)23-8-15(22)18-7-9-1-3-12(20)13(21)5-9/h1-6,20-21H,7-8H2,(H,18,22). The van der Waals surface area contributed by atoms with E-state index in [2.05, 4.69) is 10.3 Å². The Hall–Kier alpha value is -2.32. The van der Waals surface area contributed by atoms with E-state index in [0.717, 1.165) is 4.70 Å². The van der Waals surface area contributed by atoms with Crippen LogP contribution in [0.1, 0.15) is 5.56 Å². The molecule has 0 atom stereocenters. The number of rotatable bonds is 5. The van der Waals surface area contributed by atoms with E-state index < -0.39 is 0 Å². The van der Waals surface area contributed by atoms with Crippen LogP contribution in [0.15, 0.2) is 40.7 Å². The summed E-state index contributed by atoms with van der Waals surface area (Å²) >= 11 is 2.69. The van der Waals surface area contributed by atoms with Gasteiger partial charge in [-0.1, -0.05) is 17.8 Å². The summed E-state index contributed by atoms with van der Waals surface area (Å²) in [6.07, 6.45) is 0. The summed E-state index contributed by atoms with van der Waals surface area (Å²) in [6, 6.07) is 8.80. The minimum absolute atomic E-state index is 0.182. The highest BCUT2D eigenvalue weighted by Crippen LogP contribution is 2.29. The fraction of sp³-hybridized carbons (Fsp3) is 0.125. The number of hydrogen-bond acceptors (Lipinski definition) is 6. The van der Waals surface area contributed by atoms with Crippen molar-refractivity contribution in [1.82, 2.24) is 10.3 Å². The van der Waals surface area contributed by atoms with Crippen LogP contribution in [0.3, 0.4) is 0 Å². The molecule has 1 amide bonds. The predicted molar refractivity (Wildman–Crippen MR) is 91.9 cm³/mol. The molecule has 8 heteroatoms. The van der Waals surface area contributed by atoms with Gasteiger partial charge in [-0.3, -0.25) is 4.79 Å². The third kappa shape index (κ3) is 3.95. The summed E-state index contributed by atoms with van der Waals surface area (Å²) in [5.41, 5.74) is 1.27. The molecule has 0 fully saturated rings. The number of thioether (sulfide) groups is 1. The molecular formula is C16H13FN2O3S2. The topological polar surface area (TPSA) is 82.5 Å². The zero-order chi connectivity index (χ0) is 17.1. The van der Waals surface area contributed by atoms with Gasteiger partial charge in [0.15, 0.2) is 15.8 Å². The number of nitrogens with zero attached hydrogens (tertiary/aromatic N) is 1. The van der Waals surface area contributed by atoms with Crippen LogP contribution in [0.5, 0.6) is 11.5 Å². The highest BCUT2D eigenvalue weighted by atomic mass is 32.2. The maximum atomic E-state index is 13.1. The molecule has 24 heavy (non-hydrogen) atoms. The van der Waals surface area contributed by atoms with E-state index >= 15 is 0 Å². The largest absolute Gasteiger partial charge is 0.504 e. The van der Waals surface area contributed by atoms with E-state index in [1.165, 1.54) is 47.4 Å². The lowest BCUT2D eigenvalue weighted by Gasteiger charge is -2.05. The van der Waals surface area contributed by atoms with Crippen LogP contribution in [-0.4, -0.2) is 26.9 Å². The Morgan fingerprint density at radius 1 is 1.21 bits per heavy atom. The molecule has 0 saturated carbocycles. The lowest BCUT2D eigenvalue weighted by molar-refractivity contribution is -0.118. The van der Waals surface area contributed by atoms with Crippen molar-refractivity contribution in [3.05, 3.63) is 47.8 Å². The number of phenolic OH excluding ortho intramolecular Hbond substituents is 2. The number of aromatic nitrogens is 1. The number of phenols is 2. The molecule has 3 aromatic rings. The minimum atomic E-state index is -0.334. The number of nitrogens with one attached hydrogen (secondary N) is 1. The molecule has 0 saturated heterocycles. The fourth-order valence-corrected chi connectivity index (χ4v) is 3.88. The quantitative estimate of drug-likeness (QED) is 0.478. The van der Waals surface area contributed by atoms with Crippen molar-refractivity contribution in [2.45, 2.75) is 10.9 Å². The molecule has 1 heterocycles. The first-order chi connectivity index (χ1) is 11.5. The van der Waals surface area contributed by atoms with Gasteiger partial charge in [0, 0.05) is 12.6 Å². The van der Waals surface area contributed by atoms with Crippen molar-refractivity contribution in [3.63, 3.8) is 0 Å². The van der Waals surface area contributed by atoms with Crippen molar-refractivity contribution in [2.24, 2.45) is 0 Å². The van der Waals surface area contributed by atoms with Crippen LogP contribution in [0.25, 0.3) is 10.2 Å². The number of amides is 1. The Kier molecular flexibility index (Phi) is 4.86. The minimum Gasteiger partial charge on any atom is -0.504 e. The molecule has 0 unspecified atom stereocenters. The van der Waals surface area contributed by atoms with Gasteiger partial charge in [0.05, 0.1) is 16.0 Å². The van der Waals surface area contributed by atoms with Gasteiger partial charge in [0.1, 0.15) is 5.82 Å². The van der Waals surface area contributed by atoms with Crippen molar-refractivity contribution < 1.29 is 19.4 Å². The van der Waals surface area contributed by atoms with E-state index in [1.54, 1.807) is 12.1 Å². The van der Waals surface area contributed by atoms with E-state index in [0.29, 0.717) is 15.4 Å². The third-order valence-electron chi connectivity index (χ3n) is 3.19. The molecule has 0 spiro atoms. The van der Waals surface area contributed by atoms with Crippen LogP contribution in [0.4, 0.5) is 4.39 Å². The van der Waals surface area contributed by atoms with Gasteiger partial charge in [0.2, 0.25) is 5.91 Å². The number of fused-ring (bicyclic) bond motifs is 1. The maximum Gasteiger partial charge on any atom is 0.230 e. The Bertz CT molecular complexity index is 898. The molecule has 0 aliphatic heterocycles. The van der Waals surface area contributed by atoms with Gasteiger partial charge in [-0.2, -0.15) is 0 Å². The van der Waals surface area contributed by atoms with Crippen LogP contribution < -0.4 is 5.32 Å². The zero-order valence-electron chi connectivity index (χ0n) is 12.3. The van der Waals surface area contributed by atoms with Crippen molar-refractivity contribution in [2.75, 3.05) is 5.75 Å². The van der Waals surface area contributed by atoms with Gasteiger partial charge in [-0.25, -0.2) is 9.37 Å². The fourth-order valence-electron chi connectivity index (χ4n) is 2.00. The summed E-state index contributed by atoms with van der Waals surface area (Å²) < 4.78 is 14.7. The summed E-state index contributed by atoms with van der Waals surface area (Å²) in [4.78, 5) is 16.2. The van der Waals surface area contributed by atoms with Gasteiger partial charge in [-0.15, -0.1) is 11.3 Å². The Morgan fingerprint density at radius 3 is 2.83 bits per heavy atom. The van der Waals surface area contributed by atoms with Crippen LogP contribution in [0, 0.1) is 5.82 Å². The number of halogens is 1. The van der Waals surface area contributed by atoms with Gasteiger partial charge >= 0.3 is 0 Å². The number of carbonyl (C=O) groups is 1. The second-order valence-electron chi connectivity index (χ2n) is 4.98. The van der Waals surface area contributed by atoms with Crippen molar-refractivity contribution in [1.29, 1.82) is 0 Å². The lowest BCUT2D eigenvalue weighted by atomic mass is 10.2. The molecule has 124 valence electrons. The average molecular weight is 364 g/mol. The second kappa shape index (κ2) is 7.06. The molecule has 3 rings (SSSR count). The molecule has 1 aromatic heterocycles. The number of carbonyl (C=O) groups excluding carboxylic acids is 1. The number of benzene rings is 2. The Balaban J connectivity index is 1.53. The summed E-state index contributed by atoms with van der Waals surface area (Å²) in [5.74, 6) is -0.755. The molecule has 0 radical (unpaired) electrons. The van der Waals surface area contributed by atoms with E-state index in [9.17, 15) is 19.4 Å². The first-order valence-electron chi connectivity index (χ1n) is 6.98. The Labute approximate surface area is 145 Å². The molecule has 5 nitrogen and oxygen atoms in total. The summed E-state index contributed by atoms with van der Waals surface area (Å²) in [5, 5.41) is 21.4. The number of hydrogen-bond donors (Lipinski definition) is 3. The van der Waals surface area contributed by atoms with Crippen molar-refractivity contribution >= 4 is 39.2 Å². The smallest absolute Gasteiger partial charge is 0.230 e. The molecule has 0 aliphatic rings. The monoisotopic (exact) mass is 364 g/mol. The van der Waals surface area contributed by atoms with Gasteiger partial charge < -0.3 is 15.5 Å². The van der Waals surface area contributed by atoms with Crippen LogP contribution in [0.2, 0.25) is 0 Å². The number of aromatic hydroxyl groups is 2. The first-order valence-corrected chi connectivity index (χ1v) is 8.78. The highest BCUT2D eigenvalue weighted by Gasteiger charge is 2.09. The first kappa shape index (κ1) is 16.5. The predicted octanol–water partition coefficient (Wildman–Crippen LogP) is 3.26. The van der Waals surface area contributed by atoms with E-state index in [-0.39, 0.29) is 35.5 Å². The molecule has 0 aliphatic carbocycles. The summed E-state index contributed by atoms with van der Waals surface area (Å²) in [7, 11) is 0. The van der Waals surface area contributed by atoms with Crippen LogP contribution in [-0.2, 0) is 11.3 Å². The zero-order valence-corrected chi connectivity index (χ0v) is 14.0. The molecule has 3 N–H and O–H groups in total. The van der Waals surface area contributed by atoms with E-state index in [4.69, 9.17) is 0 Å². The maximum absolute atomic E-state index is 13.1. The number of thiazole rings is 1. The second-order valence-corrected chi connectivity index (χ2v) is 7.23. The normalized spacial score (nSPS) is 10.9. The summed E-state index contributed by atoms with van der Waals surface area (Å²) in [6.45, 7) is 0.248. The highest BCUT2D eigenvalue weighted by molar-refractivity contribution is 8.01. The van der Waals surface area contributed by atoms with Gasteiger partial charge in [0.25, 0.3) is 0 Å². The molecular weight excluding hydrogens is 351 g/mol. The van der Waals surface area contributed by atoms with Crippen LogP contribution >= 0.6 is 23.1 Å². The molecule has 2 aromatic carbocycles. The Morgan fingerprint density at radius 2 is 2.04 bits per heavy atom. The van der Waals surface area contributed by atoms with Gasteiger partial charge in [-0.05, 0) is 29.8 Å².